The molecular weight excluding hydrogens is 269 g/mol. The zero-order chi connectivity index (χ0) is 14.4. The average Bonchev–Trinajstić information content (AvgIpc) is 2.84. The molecule has 19 heavy (non-hydrogen) atoms. The van der Waals surface area contributed by atoms with Crippen LogP contribution >= 0.6 is 0 Å². The second-order valence-electron chi connectivity index (χ2n) is 4.16. The number of H-pyrrole nitrogens is 1. The minimum atomic E-state index is -5.67. The number of aromatic nitrogens is 3. The second-order valence-corrected chi connectivity index (χ2v) is 4.16. The summed E-state index contributed by atoms with van der Waals surface area (Å²) in [7, 11) is 0. The molecule has 8 heteroatoms. The SMILES string of the molecule is Cc1ccc(C)n1-c1cc(C(F)(F)C(F)(F)F)n[nH]1. The smallest absolute Gasteiger partial charge is 0.304 e. The van der Waals surface area contributed by atoms with Crippen molar-refractivity contribution in [3.05, 3.63) is 35.3 Å². The minimum Gasteiger partial charge on any atom is -0.304 e. The maximum Gasteiger partial charge on any atom is 0.459 e. The molecule has 0 aliphatic rings. The number of aryl methyl sites for hydroxylation is 2. The van der Waals surface area contributed by atoms with Gasteiger partial charge in [-0.1, -0.05) is 0 Å². The molecule has 0 aliphatic heterocycles. The topological polar surface area (TPSA) is 33.6 Å². The molecule has 0 aliphatic carbocycles. The Morgan fingerprint density at radius 1 is 1.05 bits per heavy atom. The van der Waals surface area contributed by atoms with Crippen molar-refractivity contribution < 1.29 is 22.0 Å². The van der Waals surface area contributed by atoms with Crippen molar-refractivity contribution in [2.45, 2.75) is 25.9 Å². The standard InChI is InChI=1S/C11H10F5N3/c1-6-3-4-7(2)19(6)9-5-8(17-18-9)10(12,13)11(14,15)16/h3-5H,1-2H3,(H,17,18). The summed E-state index contributed by atoms with van der Waals surface area (Å²) >= 11 is 0. The van der Waals surface area contributed by atoms with E-state index < -0.39 is 17.8 Å². The van der Waals surface area contributed by atoms with E-state index in [1.54, 1.807) is 26.0 Å². The van der Waals surface area contributed by atoms with Crippen molar-refractivity contribution in [1.82, 2.24) is 14.8 Å². The van der Waals surface area contributed by atoms with Gasteiger partial charge in [-0.05, 0) is 26.0 Å². The lowest BCUT2D eigenvalue weighted by molar-refractivity contribution is -0.290. The van der Waals surface area contributed by atoms with Crippen LogP contribution in [0.25, 0.3) is 5.82 Å². The van der Waals surface area contributed by atoms with Gasteiger partial charge in [0.2, 0.25) is 0 Å². The summed E-state index contributed by atoms with van der Waals surface area (Å²) < 4.78 is 64.4. The fourth-order valence-electron chi connectivity index (χ4n) is 1.78. The molecule has 0 atom stereocenters. The third-order valence-electron chi connectivity index (χ3n) is 2.75. The van der Waals surface area contributed by atoms with Crippen LogP contribution in [0.4, 0.5) is 22.0 Å². The molecule has 2 aromatic heterocycles. The van der Waals surface area contributed by atoms with Crippen molar-refractivity contribution in [2.75, 3.05) is 0 Å². The zero-order valence-corrected chi connectivity index (χ0v) is 10.0. The summed E-state index contributed by atoms with van der Waals surface area (Å²) in [5.74, 6) is -4.91. The normalized spacial score (nSPS) is 13.0. The number of nitrogens with zero attached hydrogens (tertiary/aromatic N) is 2. The summed E-state index contributed by atoms with van der Waals surface area (Å²) in [4.78, 5) is 0. The molecule has 2 aromatic rings. The highest BCUT2D eigenvalue weighted by Gasteiger charge is 2.60. The van der Waals surface area contributed by atoms with Crippen LogP contribution in [0.15, 0.2) is 18.2 Å². The van der Waals surface area contributed by atoms with Crippen LogP contribution in [-0.2, 0) is 5.92 Å². The summed E-state index contributed by atoms with van der Waals surface area (Å²) in [5.41, 5.74) is 0.0496. The molecular formula is C11H10F5N3. The summed E-state index contributed by atoms with van der Waals surface area (Å²) in [6.07, 6.45) is -5.67. The number of hydrogen-bond donors (Lipinski definition) is 1. The van der Waals surface area contributed by atoms with Crippen LogP contribution in [0.3, 0.4) is 0 Å². The molecule has 0 aromatic carbocycles. The van der Waals surface area contributed by atoms with Crippen molar-refractivity contribution >= 4 is 0 Å². The van der Waals surface area contributed by atoms with Crippen LogP contribution < -0.4 is 0 Å². The van der Waals surface area contributed by atoms with Crippen LogP contribution in [0, 0.1) is 13.8 Å². The predicted molar refractivity (Wildman–Crippen MR) is 57.3 cm³/mol. The lowest BCUT2D eigenvalue weighted by Gasteiger charge is -2.16. The van der Waals surface area contributed by atoms with Crippen LogP contribution in [0.5, 0.6) is 0 Å². The molecule has 0 amide bonds. The molecule has 3 nitrogen and oxygen atoms in total. The van der Waals surface area contributed by atoms with E-state index in [-0.39, 0.29) is 5.82 Å². The Labute approximate surface area is 105 Å². The largest absolute Gasteiger partial charge is 0.459 e. The maximum absolute atomic E-state index is 13.1. The van der Waals surface area contributed by atoms with E-state index in [2.05, 4.69) is 10.2 Å². The van der Waals surface area contributed by atoms with Crippen LogP contribution in [0.1, 0.15) is 17.1 Å². The Morgan fingerprint density at radius 2 is 1.58 bits per heavy atom. The Balaban J connectivity index is 2.46. The summed E-state index contributed by atoms with van der Waals surface area (Å²) in [6, 6.07) is 4.14. The Kier molecular flexibility index (Phi) is 2.91. The number of rotatable bonds is 2. The fourth-order valence-corrected chi connectivity index (χ4v) is 1.78. The Morgan fingerprint density at radius 3 is 2.05 bits per heavy atom. The number of nitrogens with one attached hydrogen (secondary N) is 1. The predicted octanol–water partition coefficient (Wildman–Crippen LogP) is 3.47. The van der Waals surface area contributed by atoms with E-state index in [0.717, 1.165) is 0 Å². The lowest BCUT2D eigenvalue weighted by atomic mass is 10.2. The molecule has 0 fully saturated rings. The van der Waals surface area contributed by atoms with E-state index in [0.29, 0.717) is 17.5 Å². The molecule has 0 saturated heterocycles. The van der Waals surface area contributed by atoms with E-state index in [9.17, 15) is 22.0 Å². The summed E-state index contributed by atoms with van der Waals surface area (Å²) in [6.45, 7) is 3.41. The molecule has 2 rings (SSSR count). The van der Waals surface area contributed by atoms with Gasteiger partial charge in [0.25, 0.3) is 0 Å². The first kappa shape index (κ1) is 13.6. The average molecular weight is 279 g/mol. The van der Waals surface area contributed by atoms with Crippen LogP contribution in [0.2, 0.25) is 0 Å². The zero-order valence-electron chi connectivity index (χ0n) is 10.0. The van der Waals surface area contributed by atoms with Gasteiger partial charge in [-0.15, -0.1) is 0 Å². The molecule has 1 N–H and O–H groups in total. The van der Waals surface area contributed by atoms with Gasteiger partial charge in [-0.2, -0.15) is 27.1 Å². The highest BCUT2D eigenvalue weighted by Crippen LogP contribution is 2.43. The molecule has 0 bridgehead atoms. The number of halogens is 5. The Bertz CT molecular complexity index is 574. The van der Waals surface area contributed by atoms with Crippen molar-refractivity contribution in [1.29, 1.82) is 0 Å². The molecule has 0 spiro atoms. The molecule has 0 saturated carbocycles. The quantitative estimate of drug-likeness (QED) is 0.839. The summed E-state index contributed by atoms with van der Waals surface area (Å²) in [5, 5.41) is 5.28. The van der Waals surface area contributed by atoms with Gasteiger partial charge >= 0.3 is 12.1 Å². The van der Waals surface area contributed by atoms with Crippen molar-refractivity contribution in [3.8, 4) is 5.82 Å². The molecule has 2 heterocycles. The van der Waals surface area contributed by atoms with Gasteiger partial charge in [-0.25, -0.2) is 0 Å². The number of aromatic amines is 1. The molecule has 0 unspecified atom stereocenters. The highest BCUT2D eigenvalue weighted by atomic mass is 19.4. The number of alkyl halides is 5. The third kappa shape index (κ3) is 2.11. The lowest BCUT2D eigenvalue weighted by Crippen LogP contribution is -2.34. The van der Waals surface area contributed by atoms with E-state index in [1.807, 2.05) is 0 Å². The first-order chi connectivity index (χ1) is 8.64. The van der Waals surface area contributed by atoms with E-state index >= 15 is 0 Å². The Hall–Kier alpha value is -1.86. The van der Waals surface area contributed by atoms with E-state index in [4.69, 9.17) is 0 Å². The van der Waals surface area contributed by atoms with Gasteiger partial charge in [0.15, 0.2) is 0 Å². The number of hydrogen-bond acceptors (Lipinski definition) is 1. The first-order valence-corrected chi connectivity index (χ1v) is 5.30. The minimum absolute atomic E-state index is 0.0684. The first-order valence-electron chi connectivity index (χ1n) is 5.30. The van der Waals surface area contributed by atoms with Crippen LogP contribution in [-0.4, -0.2) is 20.9 Å². The highest BCUT2D eigenvalue weighted by molar-refractivity contribution is 5.33. The maximum atomic E-state index is 13.1. The van der Waals surface area contributed by atoms with Gasteiger partial charge in [0.1, 0.15) is 11.5 Å². The van der Waals surface area contributed by atoms with Gasteiger partial charge in [-0.3, -0.25) is 5.10 Å². The van der Waals surface area contributed by atoms with Gasteiger partial charge < -0.3 is 4.57 Å². The second kappa shape index (κ2) is 4.07. The molecule has 104 valence electrons. The molecule has 0 radical (unpaired) electrons. The van der Waals surface area contributed by atoms with Gasteiger partial charge in [0, 0.05) is 17.5 Å². The van der Waals surface area contributed by atoms with E-state index in [1.165, 1.54) is 4.57 Å². The fraction of sp³-hybridized carbons (Fsp3) is 0.364. The van der Waals surface area contributed by atoms with Crippen molar-refractivity contribution in [3.63, 3.8) is 0 Å². The van der Waals surface area contributed by atoms with Gasteiger partial charge in [0.05, 0.1) is 0 Å². The third-order valence-corrected chi connectivity index (χ3v) is 2.75. The van der Waals surface area contributed by atoms with Crippen molar-refractivity contribution in [2.24, 2.45) is 0 Å². The monoisotopic (exact) mass is 279 g/mol.